The molecule has 7 nitrogen and oxygen atoms in total. The zero-order valence-corrected chi connectivity index (χ0v) is 13.2. The number of rotatable bonds is 7. The second-order valence-electron chi connectivity index (χ2n) is 5.67. The summed E-state index contributed by atoms with van der Waals surface area (Å²) < 4.78 is 9.97. The van der Waals surface area contributed by atoms with Crippen molar-refractivity contribution < 1.29 is 29.0 Å². The van der Waals surface area contributed by atoms with Crippen LogP contribution in [0.4, 0.5) is 4.79 Å². The Balaban J connectivity index is 2.27. The van der Waals surface area contributed by atoms with Crippen molar-refractivity contribution in [3.05, 3.63) is 0 Å². The van der Waals surface area contributed by atoms with Gasteiger partial charge in [0.15, 0.2) is 0 Å². The van der Waals surface area contributed by atoms with Crippen LogP contribution < -0.4 is 5.32 Å². The molecule has 22 heavy (non-hydrogen) atoms. The summed E-state index contributed by atoms with van der Waals surface area (Å²) >= 11 is 0. The fourth-order valence-electron chi connectivity index (χ4n) is 2.56. The number of carbonyl (C=O) groups is 3. The summed E-state index contributed by atoms with van der Waals surface area (Å²) in [5.74, 6) is -1.23. The molecule has 0 spiro atoms. The SMILES string of the molecule is CCCC(OC(C)=O)OC(=O)NCC1CCC(C(=O)O)CC1. The van der Waals surface area contributed by atoms with Crippen molar-refractivity contribution in [2.45, 2.75) is 58.7 Å². The molecule has 2 N–H and O–H groups in total. The van der Waals surface area contributed by atoms with Gasteiger partial charge in [-0.25, -0.2) is 4.79 Å². The van der Waals surface area contributed by atoms with Crippen LogP contribution in [0.1, 0.15) is 52.4 Å². The molecule has 1 saturated carbocycles. The Hall–Kier alpha value is -1.79. The first-order valence-electron chi connectivity index (χ1n) is 7.76. The van der Waals surface area contributed by atoms with Crippen LogP contribution in [0.5, 0.6) is 0 Å². The lowest BCUT2D eigenvalue weighted by atomic mass is 9.82. The van der Waals surface area contributed by atoms with Gasteiger partial charge in [0.25, 0.3) is 0 Å². The molecule has 1 unspecified atom stereocenters. The topological polar surface area (TPSA) is 102 Å². The van der Waals surface area contributed by atoms with Crippen molar-refractivity contribution in [3.63, 3.8) is 0 Å². The molecule has 1 rings (SSSR count). The second-order valence-corrected chi connectivity index (χ2v) is 5.67. The quantitative estimate of drug-likeness (QED) is 0.552. The molecule has 0 saturated heterocycles. The van der Waals surface area contributed by atoms with Crippen LogP contribution in [0.15, 0.2) is 0 Å². The van der Waals surface area contributed by atoms with E-state index in [9.17, 15) is 14.4 Å². The highest BCUT2D eigenvalue weighted by molar-refractivity contribution is 5.70. The largest absolute Gasteiger partial charge is 0.481 e. The van der Waals surface area contributed by atoms with Gasteiger partial charge >= 0.3 is 18.0 Å². The van der Waals surface area contributed by atoms with E-state index < -0.39 is 24.3 Å². The minimum Gasteiger partial charge on any atom is -0.481 e. The standard InChI is InChI=1S/C15H25NO6/c1-3-4-13(21-10(2)17)22-15(20)16-9-11-5-7-12(8-6-11)14(18)19/h11-13H,3-9H2,1-2H3,(H,16,20)(H,18,19). The molecule has 0 bridgehead atoms. The van der Waals surface area contributed by atoms with E-state index >= 15 is 0 Å². The van der Waals surface area contributed by atoms with Crippen molar-refractivity contribution in [1.82, 2.24) is 5.32 Å². The number of carboxylic acids is 1. The van der Waals surface area contributed by atoms with Gasteiger partial charge in [0.2, 0.25) is 6.29 Å². The highest BCUT2D eigenvalue weighted by Gasteiger charge is 2.26. The number of aliphatic carboxylic acids is 1. The van der Waals surface area contributed by atoms with Crippen LogP contribution in [0.3, 0.4) is 0 Å². The van der Waals surface area contributed by atoms with E-state index in [2.05, 4.69) is 5.32 Å². The van der Waals surface area contributed by atoms with Crippen LogP contribution in [-0.2, 0) is 19.1 Å². The molecule has 0 radical (unpaired) electrons. The Morgan fingerprint density at radius 3 is 2.32 bits per heavy atom. The average molecular weight is 315 g/mol. The predicted molar refractivity (Wildman–Crippen MR) is 78.0 cm³/mol. The summed E-state index contributed by atoms with van der Waals surface area (Å²) in [6.07, 6.45) is 2.55. The number of carboxylic acid groups (broad SMARTS) is 1. The average Bonchev–Trinajstić information content (AvgIpc) is 2.45. The molecule has 1 atom stereocenters. The van der Waals surface area contributed by atoms with Crippen molar-refractivity contribution in [2.24, 2.45) is 11.8 Å². The lowest BCUT2D eigenvalue weighted by Gasteiger charge is -2.26. The molecule has 1 aliphatic carbocycles. The minimum atomic E-state index is -0.856. The van der Waals surface area contributed by atoms with E-state index in [0.717, 1.165) is 19.3 Å². The number of nitrogens with one attached hydrogen (secondary N) is 1. The first-order chi connectivity index (χ1) is 10.4. The minimum absolute atomic E-state index is 0.263. The monoisotopic (exact) mass is 315 g/mol. The van der Waals surface area contributed by atoms with E-state index in [0.29, 0.717) is 25.8 Å². The first kappa shape index (κ1) is 18.3. The third-order valence-corrected chi connectivity index (χ3v) is 3.79. The van der Waals surface area contributed by atoms with Crippen molar-refractivity contribution in [1.29, 1.82) is 0 Å². The van der Waals surface area contributed by atoms with Gasteiger partial charge in [0.05, 0.1) is 5.92 Å². The smallest absolute Gasteiger partial charge is 0.410 e. The molecule has 1 aliphatic rings. The number of hydrogen-bond acceptors (Lipinski definition) is 5. The first-order valence-corrected chi connectivity index (χ1v) is 7.76. The van der Waals surface area contributed by atoms with Gasteiger partial charge in [-0.05, 0) is 38.0 Å². The fourth-order valence-corrected chi connectivity index (χ4v) is 2.56. The number of amides is 1. The highest BCUT2D eigenvalue weighted by atomic mass is 16.7. The van der Waals surface area contributed by atoms with Crippen LogP contribution in [0.2, 0.25) is 0 Å². The molecule has 0 aromatic rings. The summed E-state index contributed by atoms with van der Waals surface area (Å²) in [6.45, 7) is 3.62. The van der Waals surface area contributed by atoms with Crippen LogP contribution >= 0.6 is 0 Å². The maximum atomic E-state index is 11.7. The van der Waals surface area contributed by atoms with Gasteiger partial charge in [0, 0.05) is 19.9 Å². The Bertz CT molecular complexity index is 389. The number of carbonyl (C=O) groups excluding carboxylic acids is 2. The van der Waals surface area contributed by atoms with Gasteiger partial charge in [-0.15, -0.1) is 0 Å². The Kier molecular flexibility index (Phi) is 7.70. The normalized spacial score (nSPS) is 22.5. The zero-order valence-electron chi connectivity index (χ0n) is 13.2. The second kappa shape index (κ2) is 9.27. The third-order valence-electron chi connectivity index (χ3n) is 3.79. The van der Waals surface area contributed by atoms with E-state index in [1.54, 1.807) is 0 Å². The summed E-state index contributed by atoms with van der Waals surface area (Å²) in [5.41, 5.74) is 0. The van der Waals surface area contributed by atoms with Gasteiger partial charge in [-0.2, -0.15) is 0 Å². The highest BCUT2D eigenvalue weighted by Crippen LogP contribution is 2.28. The molecule has 1 amide bonds. The maximum Gasteiger partial charge on any atom is 0.410 e. The Morgan fingerprint density at radius 2 is 1.82 bits per heavy atom. The summed E-state index contributed by atoms with van der Waals surface area (Å²) in [6, 6.07) is 0. The van der Waals surface area contributed by atoms with Crippen LogP contribution in [0.25, 0.3) is 0 Å². The van der Waals surface area contributed by atoms with E-state index in [-0.39, 0.29) is 11.8 Å². The molecule has 126 valence electrons. The molecule has 0 aromatic carbocycles. The van der Waals surface area contributed by atoms with Crippen molar-refractivity contribution in [3.8, 4) is 0 Å². The number of ether oxygens (including phenoxy) is 2. The van der Waals surface area contributed by atoms with E-state index in [4.69, 9.17) is 14.6 Å². The van der Waals surface area contributed by atoms with E-state index in [1.165, 1.54) is 6.92 Å². The zero-order chi connectivity index (χ0) is 16.5. The molecular formula is C15H25NO6. The van der Waals surface area contributed by atoms with Crippen molar-refractivity contribution in [2.75, 3.05) is 6.54 Å². The summed E-state index contributed by atoms with van der Waals surface area (Å²) in [7, 11) is 0. The Labute approximate surface area is 130 Å². The molecule has 0 heterocycles. The summed E-state index contributed by atoms with van der Waals surface area (Å²) in [5, 5.41) is 11.6. The summed E-state index contributed by atoms with van der Waals surface area (Å²) in [4.78, 5) is 33.5. The third kappa shape index (κ3) is 6.78. The number of alkyl carbamates (subject to hydrolysis) is 1. The molecule has 7 heteroatoms. The maximum absolute atomic E-state index is 11.7. The fraction of sp³-hybridized carbons (Fsp3) is 0.800. The number of hydrogen-bond donors (Lipinski definition) is 2. The lowest BCUT2D eigenvalue weighted by Crippen LogP contribution is -2.35. The molecular weight excluding hydrogens is 290 g/mol. The Morgan fingerprint density at radius 1 is 1.18 bits per heavy atom. The van der Waals surface area contributed by atoms with Gasteiger partial charge in [-0.1, -0.05) is 6.92 Å². The predicted octanol–water partition coefficient (Wildman–Crippen LogP) is 2.29. The molecule has 1 fully saturated rings. The van der Waals surface area contributed by atoms with Crippen LogP contribution in [0, 0.1) is 11.8 Å². The van der Waals surface area contributed by atoms with E-state index in [1.807, 2.05) is 6.92 Å². The van der Waals surface area contributed by atoms with Gasteiger partial charge < -0.3 is 19.9 Å². The van der Waals surface area contributed by atoms with Crippen molar-refractivity contribution >= 4 is 18.0 Å². The molecule has 0 aliphatic heterocycles. The van der Waals surface area contributed by atoms with Crippen LogP contribution in [-0.4, -0.2) is 36.0 Å². The molecule has 0 aromatic heterocycles. The lowest BCUT2D eigenvalue weighted by molar-refractivity contribution is -0.166. The number of esters is 1. The van der Waals surface area contributed by atoms with Gasteiger partial charge in [0.1, 0.15) is 0 Å². The van der Waals surface area contributed by atoms with Gasteiger partial charge in [-0.3, -0.25) is 9.59 Å².